The van der Waals surface area contributed by atoms with Crippen LogP contribution in [-0.2, 0) is 4.79 Å². The van der Waals surface area contributed by atoms with Crippen molar-refractivity contribution in [2.75, 3.05) is 31.1 Å². The molecule has 5 rings (SSSR count). The standard InChI is InChI=1S/C24H24N6O2S/c1-15(2)29-7-9-30(10-8-29)18-5-3-16(4-6-18)22-19-11-17(25-13-20(19)26-14-27-22)12-21-23(31)28-24(32)33-21/h3-6,11-15H,7-10H2,1-2H3,(H,28,31,32). The molecule has 0 aliphatic carbocycles. The monoisotopic (exact) mass is 460 g/mol. The Hall–Kier alpha value is -3.30. The van der Waals surface area contributed by atoms with Crippen LogP contribution in [0.25, 0.3) is 28.2 Å². The van der Waals surface area contributed by atoms with Gasteiger partial charge < -0.3 is 4.90 Å². The lowest BCUT2D eigenvalue weighted by Gasteiger charge is -2.38. The lowest BCUT2D eigenvalue weighted by atomic mass is 10.1. The summed E-state index contributed by atoms with van der Waals surface area (Å²) in [6.07, 6.45) is 4.81. The zero-order valence-corrected chi connectivity index (χ0v) is 19.3. The Morgan fingerprint density at radius 1 is 1.03 bits per heavy atom. The first-order valence-electron chi connectivity index (χ1n) is 10.9. The maximum Gasteiger partial charge on any atom is 0.290 e. The van der Waals surface area contributed by atoms with E-state index in [1.807, 2.05) is 6.07 Å². The quantitative estimate of drug-likeness (QED) is 0.591. The summed E-state index contributed by atoms with van der Waals surface area (Å²) in [7, 11) is 0. The normalized spacial score (nSPS) is 18.5. The van der Waals surface area contributed by atoms with Crippen LogP contribution in [0.1, 0.15) is 19.5 Å². The van der Waals surface area contributed by atoms with Gasteiger partial charge in [0.05, 0.1) is 28.0 Å². The summed E-state index contributed by atoms with van der Waals surface area (Å²) in [6.45, 7) is 8.67. The summed E-state index contributed by atoms with van der Waals surface area (Å²) in [5.74, 6) is -0.402. The van der Waals surface area contributed by atoms with E-state index < -0.39 is 5.91 Å². The Balaban J connectivity index is 1.42. The van der Waals surface area contributed by atoms with Crippen LogP contribution in [0, 0.1) is 0 Å². The number of anilines is 1. The summed E-state index contributed by atoms with van der Waals surface area (Å²) in [5, 5.41) is 2.73. The molecule has 1 N–H and O–H groups in total. The lowest BCUT2D eigenvalue weighted by Crippen LogP contribution is -2.48. The molecule has 8 nitrogen and oxygen atoms in total. The van der Waals surface area contributed by atoms with E-state index in [1.165, 1.54) is 12.0 Å². The molecule has 0 radical (unpaired) electrons. The molecule has 2 amide bonds. The van der Waals surface area contributed by atoms with Gasteiger partial charge in [0.15, 0.2) is 0 Å². The third-order valence-electron chi connectivity index (χ3n) is 6.01. The van der Waals surface area contributed by atoms with Crippen molar-refractivity contribution >= 4 is 45.6 Å². The number of piperazine rings is 1. The minimum absolute atomic E-state index is 0.326. The SMILES string of the molecule is CC(C)N1CCN(c2ccc(-c3ncnc4cnc(C=C5SC(=O)NC5=O)cc34)cc2)CC1. The summed E-state index contributed by atoms with van der Waals surface area (Å²) < 4.78 is 0. The number of rotatable bonds is 4. The zero-order chi connectivity index (χ0) is 22.9. The first kappa shape index (κ1) is 21.5. The number of carbonyl (C=O) groups excluding carboxylic acids is 2. The molecule has 2 aromatic heterocycles. The number of nitrogens with one attached hydrogen (secondary N) is 1. The number of thioether (sulfide) groups is 1. The number of hydrogen-bond acceptors (Lipinski definition) is 8. The van der Waals surface area contributed by atoms with Gasteiger partial charge in [-0.15, -0.1) is 0 Å². The van der Waals surface area contributed by atoms with Crippen LogP contribution in [0.4, 0.5) is 10.5 Å². The van der Waals surface area contributed by atoms with Gasteiger partial charge in [0, 0.05) is 48.9 Å². The number of fused-ring (bicyclic) bond motifs is 1. The molecule has 1 aromatic carbocycles. The Labute approximate surface area is 196 Å². The van der Waals surface area contributed by atoms with Gasteiger partial charge in [-0.3, -0.25) is 24.8 Å². The predicted molar refractivity (Wildman–Crippen MR) is 131 cm³/mol. The molecule has 4 heterocycles. The van der Waals surface area contributed by atoms with Gasteiger partial charge in [0.2, 0.25) is 0 Å². The number of amides is 2. The molecular formula is C24H24N6O2S. The van der Waals surface area contributed by atoms with Gasteiger partial charge in [0.1, 0.15) is 6.33 Å². The second-order valence-electron chi connectivity index (χ2n) is 8.36. The molecule has 0 unspecified atom stereocenters. The molecule has 0 atom stereocenters. The van der Waals surface area contributed by atoms with Gasteiger partial charge in [-0.05, 0) is 49.9 Å². The van der Waals surface area contributed by atoms with Gasteiger partial charge >= 0.3 is 0 Å². The van der Waals surface area contributed by atoms with Crippen molar-refractivity contribution in [1.29, 1.82) is 0 Å². The van der Waals surface area contributed by atoms with Crippen LogP contribution in [0.5, 0.6) is 0 Å². The highest BCUT2D eigenvalue weighted by molar-refractivity contribution is 8.18. The first-order valence-corrected chi connectivity index (χ1v) is 11.7. The van der Waals surface area contributed by atoms with Crippen LogP contribution < -0.4 is 10.2 Å². The Morgan fingerprint density at radius 3 is 2.45 bits per heavy atom. The third kappa shape index (κ3) is 4.46. The molecule has 2 aliphatic rings. The summed E-state index contributed by atoms with van der Waals surface area (Å²) in [6, 6.07) is 10.9. The number of nitrogens with zero attached hydrogens (tertiary/aromatic N) is 5. The molecule has 168 valence electrons. The molecule has 0 saturated carbocycles. The van der Waals surface area contributed by atoms with Crippen molar-refractivity contribution < 1.29 is 9.59 Å². The second kappa shape index (κ2) is 8.92. The highest BCUT2D eigenvalue weighted by atomic mass is 32.2. The van der Waals surface area contributed by atoms with Crippen molar-refractivity contribution in [3.8, 4) is 11.3 Å². The largest absolute Gasteiger partial charge is 0.369 e. The molecule has 0 bridgehead atoms. The molecule has 9 heteroatoms. The highest BCUT2D eigenvalue weighted by Gasteiger charge is 2.25. The van der Waals surface area contributed by atoms with Crippen molar-refractivity contribution in [2.24, 2.45) is 0 Å². The molecule has 2 aliphatic heterocycles. The average molecular weight is 461 g/mol. The van der Waals surface area contributed by atoms with E-state index in [4.69, 9.17) is 0 Å². The fourth-order valence-corrected chi connectivity index (χ4v) is 4.83. The number of benzene rings is 1. The van der Waals surface area contributed by atoms with Gasteiger partial charge in [-0.1, -0.05) is 12.1 Å². The van der Waals surface area contributed by atoms with E-state index >= 15 is 0 Å². The minimum Gasteiger partial charge on any atom is -0.369 e. The molecule has 33 heavy (non-hydrogen) atoms. The number of imide groups is 1. The lowest BCUT2D eigenvalue weighted by molar-refractivity contribution is -0.115. The van der Waals surface area contributed by atoms with Crippen molar-refractivity contribution in [1.82, 2.24) is 25.2 Å². The topological polar surface area (TPSA) is 91.3 Å². The second-order valence-corrected chi connectivity index (χ2v) is 9.38. The number of aromatic nitrogens is 3. The van der Waals surface area contributed by atoms with Crippen LogP contribution in [0.2, 0.25) is 0 Å². The number of pyridine rings is 1. The molecule has 3 aromatic rings. The smallest absolute Gasteiger partial charge is 0.290 e. The zero-order valence-electron chi connectivity index (χ0n) is 18.5. The van der Waals surface area contributed by atoms with E-state index in [-0.39, 0.29) is 5.24 Å². The van der Waals surface area contributed by atoms with Gasteiger partial charge in [-0.2, -0.15) is 0 Å². The maximum atomic E-state index is 11.9. The maximum absolute atomic E-state index is 11.9. The molecular weight excluding hydrogens is 436 g/mol. The van der Waals surface area contributed by atoms with Crippen LogP contribution in [0.15, 0.2) is 47.8 Å². The van der Waals surface area contributed by atoms with Gasteiger partial charge in [0.25, 0.3) is 11.1 Å². The van der Waals surface area contributed by atoms with E-state index in [0.29, 0.717) is 16.6 Å². The van der Waals surface area contributed by atoms with E-state index in [2.05, 4.69) is 68.2 Å². The molecule has 2 fully saturated rings. The fourth-order valence-electron chi connectivity index (χ4n) is 4.17. The van der Waals surface area contributed by atoms with Crippen LogP contribution in [-0.4, -0.2) is 63.2 Å². The Morgan fingerprint density at radius 2 is 1.79 bits per heavy atom. The van der Waals surface area contributed by atoms with Crippen molar-refractivity contribution in [3.05, 3.63) is 53.5 Å². The highest BCUT2D eigenvalue weighted by Crippen LogP contribution is 2.30. The van der Waals surface area contributed by atoms with Gasteiger partial charge in [-0.25, -0.2) is 9.97 Å². The fraction of sp³-hybridized carbons (Fsp3) is 0.292. The number of carbonyl (C=O) groups is 2. The summed E-state index contributed by atoms with van der Waals surface area (Å²) in [5.41, 5.74) is 4.29. The minimum atomic E-state index is -0.402. The molecule has 0 spiro atoms. The van der Waals surface area contributed by atoms with Crippen molar-refractivity contribution in [3.63, 3.8) is 0 Å². The Kier molecular flexibility index (Phi) is 5.82. The van der Waals surface area contributed by atoms with E-state index in [9.17, 15) is 9.59 Å². The van der Waals surface area contributed by atoms with E-state index in [1.54, 1.807) is 12.3 Å². The van der Waals surface area contributed by atoms with E-state index in [0.717, 1.165) is 60.1 Å². The third-order valence-corrected chi connectivity index (χ3v) is 6.82. The molecule has 2 saturated heterocycles. The first-order chi connectivity index (χ1) is 16.0. The van der Waals surface area contributed by atoms with Crippen LogP contribution in [0.3, 0.4) is 0 Å². The number of hydrogen-bond donors (Lipinski definition) is 1. The predicted octanol–water partition coefficient (Wildman–Crippen LogP) is 3.55. The van der Waals surface area contributed by atoms with Crippen molar-refractivity contribution in [2.45, 2.75) is 19.9 Å². The Bertz CT molecular complexity index is 1250. The summed E-state index contributed by atoms with van der Waals surface area (Å²) >= 11 is 0.874. The summed E-state index contributed by atoms with van der Waals surface area (Å²) in [4.78, 5) is 41.8. The average Bonchev–Trinajstić information content (AvgIpc) is 3.15. The van der Waals surface area contributed by atoms with Crippen LogP contribution >= 0.6 is 11.8 Å².